The summed E-state index contributed by atoms with van der Waals surface area (Å²) < 4.78 is 6.50. The summed E-state index contributed by atoms with van der Waals surface area (Å²) >= 11 is 0. The summed E-state index contributed by atoms with van der Waals surface area (Å²) in [5, 5.41) is 0. The summed E-state index contributed by atoms with van der Waals surface area (Å²) in [4.78, 5) is 12.8. The van der Waals surface area contributed by atoms with E-state index in [4.69, 9.17) is 4.43 Å². The fourth-order valence-electron chi connectivity index (χ4n) is 4.49. The van der Waals surface area contributed by atoms with Crippen LogP contribution in [0.2, 0.25) is 18.1 Å². The van der Waals surface area contributed by atoms with Gasteiger partial charge in [-0.25, -0.2) is 0 Å². The van der Waals surface area contributed by atoms with E-state index >= 15 is 0 Å². The highest BCUT2D eigenvalue weighted by atomic mass is 28.4. The fraction of sp³-hybridized carbons (Fsp3) is 0.963. The predicted octanol–water partition coefficient (Wildman–Crippen LogP) is 9.97. The maximum absolute atomic E-state index is 12.8. The lowest BCUT2D eigenvalue weighted by Crippen LogP contribution is -2.40. The number of hydrogen-bond donors (Lipinski definition) is 0. The maximum atomic E-state index is 12.8. The van der Waals surface area contributed by atoms with Crippen LogP contribution in [0.3, 0.4) is 0 Å². The van der Waals surface area contributed by atoms with E-state index in [-0.39, 0.29) is 5.97 Å². The summed E-state index contributed by atoms with van der Waals surface area (Å²) in [7, 11) is -1.95. The first-order valence-electron chi connectivity index (χ1n) is 13.9. The lowest BCUT2D eigenvalue weighted by Gasteiger charge is -2.32. The topological polar surface area (TPSA) is 26.3 Å². The first kappa shape index (κ1) is 29.7. The van der Waals surface area contributed by atoms with Gasteiger partial charge in [0.2, 0.25) is 0 Å². The van der Waals surface area contributed by atoms with Crippen molar-refractivity contribution >= 4 is 14.3 Å². The van der Waals surface area contributed by atoms with Crippen molar-refractivity contribution in [1.29, 1.82) is 0 Å². The van der Waals surface area contributed by atoms with E-state index in [1.807, 2.05) is 0 Å². The summed E-state index contributed by atoms with van der Waals surface area (Å²) in [6.45, 7) is 9.05. The molecule has 0 aliphatic carbocycles. The van der Waals surface area contributed by atoms with Crippen LogP contribution in [0.5, 0.6) is 0 Å². The van der Waals surface area contributed by atoms with Gasteiger partial charge in [0.25, 0.3) is 14.3 Å². The van der Waals surface area contributed by atoms with Crippen LogP contribution in [-0.4, -0.2) is 14.3 Å². The molecule has 0 saturated carbocycles. The second-order valence-electron chi connectivity index (χ2n) is 9.61. The smallest absolute Gasteiger partial charge is 0.292 e. The van der Waals surface area contributed by atoms with Gasteiger partial charge in [0.15, 0.2) is 0 Å². The van der Waals surface area contributed by atoms with Crippen molar-refractivity contribution in [3.63, 3.8) is 0 Å². The molecule has 0 atom stereocenters. The molecular weight excluding hydrogens is 384 g/mol. The van der Waals surface area contributed by atoms with Crippen molar-refractivity contribution in [2.24, 2.45) is 0 Å². The molecule has 0 amide bonds. The van der Waals surface area contributed by atoms with Gasteiger partial charge in [0, 0.05) is 6.42 Å². The molecule has 0 aliphatic heterocycles. The molecule has 0 N–H and O–H groups in total. The van der Waals surface area contributed by atoms with Gasteiger partial charge < -0.3 is 4.43 Å². The molecule has 180 valence electrons. The molecule has 0 spiro atoms. The molecular formula is C27H56O2Si. The van der Waals surface area contributed by atoms with Gasteiger partial charge >= 0.3 is 0 Å². The van der Waals surface area contributed by atoms with Crippen molar-refractivity contribution in [2.75, 3.05) is 0 Å². The predicted molar refractivity (Wildman–Crippen MR) is 137 cm³/mol. The van der Waals surface area contributed by atoms with Crippen LogP contribution in [0.4, 0.5) is 0 Å². The molecule has 3 heteroatoms. The van der Waals surface area contributed by atoms with E-state index in [0.29, 0.717) is 6.42 Å². The molecule has 30 heavy (non-hydrogen) atoms. The largest absolute Gasteiger partial charge is 0.519 e. The van der Waals surface area contributed by atoms with Gasteiger partial charge in [-0.1, -0.05) is 137 Å². The maximum Gasteiger partial charge on any atom is 0.292 e. The molecule has 0 unspecified atom stereocenters. The number of hydrogen-bond acceptors (Lipinski definition) is 2. The second-order valence-corrected chi connectivity index (χ2v) is 13.7. The van der Waals surface area contributed by atoms with Crippen LogP contribution in [0.25, 0.3) is 0 Å². The zero-order valence-corrected chi connectivity index (χ0v) is 22.4. The average Bonchev–Trinajstić information content (AvgIpc) is 2.73. The standard InChI is InChI=1S/C27H56O2Si/c1-5-9-13-16-20-24-30(25-21-17-14-10-6-2,26-22-18-15-11-7-3)29-27(28)23-19-12-8-4/h5-26H2,1-4H3. The molecule has 0 heterocycles. The molecule has 0 rings (SSSR count). The normalized spacial score (nSPS) is 11.7. The third kappa shape index (κ3) is 17.4. The monoisotopic (exact) mass is 440 g/mol. The van der Waals surface area contributed by atoms with Crippen LogP contribution >= 0.6 is 0 Å². The van der Waals surface area contributed by atoms with Crippen LogP contribution in [-0.2, 0) is 9.22 Å². The van der Waals surface area contributed by atoms with Crippen LogP contribution < -0.4 is 0 Å². The highest BCUT2D eigenvalue weighted by Crippen LogP contribution is 2.31. The van der Waals surface area contributed by atoms with E-state index in [1.165, 1.54) is 121 Å². The molecule has 0 aromatic rings. The Morgan fingerprint density at radius 1 is 0.500 bits per heavy atom. The Bertz CT molecular complexity index is 334. The van der Waals surface area contributed by atoms with Crippen LogP contribution in [0.1, 0.15) is 150 Å². The highest BCUT2D eigenvalue weighted by molar-refractivity contribution is 6.75. The number of unbranched alkanes of at least 4 members (excludes halogenated alkanes) is 14. The SMILES string of the molecule is CCCCCCC[Si](CCCCCCC)(CCCCCCC)OC(=O)CCCCC. The zero-order chi connectivity index (χ0) is 22.3. The van der Waals surface area contributed by atoms with Crippen molar-refractivity contribution in [3.05, 3.63) is 0 Å². The zero-order valence-electron chi connectivity index (χ0n) is 21.4. The Hall–Kier alpha value is -0.313. The number of rotatable bonds is 23. The Kier molecular flexibility index (Phi) is 21.7. The minimum atomic E-state index is -1.95. The molecule has 0 fully saturated rings. The van der Waals surface area contributed by atoms with Crippen LogP contribution in [0.15, 0.2) is 0 Å². The van der Waals surface area contributed by atoms with Crippen molar-refractivity contribution < 1.29 is 9.22 Å². The van der Waals surface area contributed by atoms with E-state index < -0.39 is 8.32 Å². The minimum Gasteiger partial charge on any atom is -0.519 e. The van der Waals surface area contributed by atoms with Crippen molar-refractivity contribution in [3.8, 4) is 0 Å². The summed E-state index contributed by atoms with van der Waals surface area (Å²) in [6.07, 6.45) is 23.7. The molecule has 0 radical (unpaired) electrons. The van der Waals surface area contributed by atoms with E-state index in [9.17, 15) is 4.79 Å². The molecule has 0 aromatic carbocycles. The van der Waals surface area contributed by atoms with Crippen molar-refractivity contribution in [1.82, 2.24) is 0 Å². The summed E-state index contributed by atoms with van der Waals surface area (Å²) in [6, 6.07) is 3.66. The average molecular weight is 441 g/mol. The van der Waals surface area contributed by atoms with Gasteiger partial charge in [-0.05, 0) is 24.6 Å². The minimum absolute atomic E-state index is 0.130. The molecule has 0 saturated heterocycles. The van der Waals surface area contributed by atoms with E-state index in [0.717, 1.165) is 12.8 Å². The van der Waals surface area contributed by atoms with Gasteiger partial charge in [-0.15, -0.1) is 0 Å². The number of carbonyl (C=O) groups is 1. The third-order valence-electron chi connectivity index (χ3n) is 6.52. The van der Waals surface area contributed by atoms with E-state index in [1.54, 1.807) is 0 Å². The van der Waals surface area contributed by atoms with Gasteiger partial charge in [0.1, 0.15) is 0 Å². The highest BCUT2D eigenvalue weighted by Gasteiger charge is 2.36. The van der Waals surface area contributed by atoms with Gasteiger partial charge in [0.05, 0.1) is 0 Å². The summed E-state index contributed by atoms with van der Waals surface area (Å²) in [5.41, 5.74) is 0. The Morgan fingerprint density at radius 3 is 1.20 bits per heavy atom. The first-order chi connectivity index (χ1) is 14.6. The lowest BCUT2D eigenvalue weighted by molar-refractivity contribution is -0.135. The van der Waals surface area contributed by atoms with E-state index in [2.05, 4.69) is 27.7 Å². The lowest BCUT2D eigenvalue weighted by atomic mass is 10.2. The second kappa shape index (κ2) is 21.9. The molecule has 0 bridgehead atoms. The van der Waals surface area contributed by atoms with Crippen LogP contribution in [0, 0.1) is 0 Å². The fourth-order valence-corrected chi connectivity index (χ4v) is 8.82. The Morgan fingerprint density at radius 2 is 0.833 bits per heavy atom. The summed E-state index contributed by atoms with van der Waals surface area (Å²) in [5.74, 6) is 0.130. The third-order valence-corrected chi connectivity index (χ3v) is 11.0. The molecule has 0 aromatic heterocycles. The molecule has 0 aliphatic rings. The first-order valence-corrected chi connectivity index (χ1v) is 16.4. The number of carbonyl (C=O) groups excluding carboxylic acids is 1. The van der Waals surface area contributed by atoms with Gasteiger partial charge in [-0.3, -0.25) is 4.79 Å². The van der Waals surface area contributed by atoms with Crippen molar-refractivity contribution in [2.45, 2.75) is 168 Å². The quantitative estimate of drug-likeness (QED) is 0.117. The molecule has 2 nitrogen and oxygen atoms in total. The Labute approximate surface area is 191 Å². The Balaban J connectivity index is 4.92. The van der Waals surface area contributed by atoms with Gasteiger partial charge in [-0.2, -0.15) is 0 Å².